The van der Waals surface area contributed by atoms with Gasteiger partial charge in [-0.1, -0.05) is 48.5 Å². The normalized spacial score (nSPS) is 19.0. The molecule has 2 heterocycles. The van der Waals surface area contributed by atoms with Gasteiger partial charge in [-0.3, -0.25) is 9.69 Å². The molecular formula is C25H29N5O2. The fourth-order valence-electron chi connectivity index (χ4n) is 4.42. The van der Waals surface area contributed by atoms with E-state index in [1.165, 1.54) is 6.42 Å². The number of ether oxygens (including phenoxy) is 1. The highest BCUT2D eigenvalue weighted by Gasteiger charge is 2.31. The molecule has 166 valence electrons. The zero-order valence-corrected chi connectivity index (χ0v) is 18.4. The summed E-state index contributed by atoms with van der Waals surface area (Å²) in [4.78, 5) is 20.3. The molecule has 5 rings (SSSR count). The van der Waals surface area contributed by atoms with Crippen molar-refractivity contribution in [1.82, 2.24) is 25.0 Å². The summed E-state index contributed by atoms with van der Waals surface area (Å²) in [6, 6.07) is 18.4. The molecule has 1 N–H and O–H groups in total. The van der Waals surface area contributed by atoms with Crippen LogP contribution in [0.15, 0.2) is 54.6 Å². The van der Waals surface area contributed by atoms with Crippen LogP contribution < -0.4 is 10.1 Å². The van der Waals surface area contributed by atoms with Gasteiger partial charge in [-0.05, 0) is 25.3 Å². The van der Waals surface area contributed by atoms with Crippen molar-refractivity contribution in [2.24, 2.45) is 5.92 Å². The van der Waals surface area contributed by atoms with Crippen molar-refractivity contribution >= 4 is 5.91 Å². The summed E-state index contributed by atoms with van der Waals surface area (Å²) in [5.74, 6) is 2.38. The third-order valence-corrected chi connectivity index (χ3v) is 6.43. The van der Waals surface area contributed by atoms with Crippen molar-refractivity contribution in [2.75, 3.05) is 13.7 Å². The Morgan fingerprint density at radius 2 is 1.88 bits per heavy atom. The Labute approximate surface area is 188 Å². The lowest BCUT2D eigenvalue weighted by Crippen LogP contribution is -2.46. The van der Waals surface area contributed by atoms with Gasteiger partial charge < -0.3 is 10.1 Å². The van der Waals surface area contributed by atoms with Crippen molar-refractivity contribution in [2.45, 2.75) is 44.9 Å². The number of benzene rings is 2. The Morgan fingerprint density at radius 3 is 2.62 bits per heavy atom. The van der Waals surface area contributed by atoms with Crippen LogP contribution in [-0.2, 0) is 24.4 Å². The molecule has 1 aliphatic heterocycles. The molecule has 0 spiro atoms. The van der Waals surface area contributed by atoms with Crippen molar-refractivity contribution in [3.63, 3.8) is 0 Å². The Morgan fingerprint density at radius 1 is 1.09 bits per heavy atom. The molecule has 7 nitrogen and oxygen atoms in total. The smallest absolute Gasteiger partial charge is 0.226 e. The summed E-state index contributed by atoms with van der Waals surface area (Å²) in [5, 5.41) is 8.01. The van der Waals surface area contributed by atoms with E-state index in [0.29, 0.717) is 38.0 Å². The standard InChI is InChI=1S/C25H29N5O2/c1-32-22-13-6-5-10-19(22)14-29-15-20(25(31)26-21-11-7-12-21)16-30-23(17-29)27-24(28-30)18-8-3-2-4-9-18/h2-6,8-10,13,20-21H,7,11-12,14-17H2,1H3,(H,26,31)/t20-/m1/s1. The maximum atomic E-state index is 13.1. The van der Waals surface area contributed by atoms with Crippen molar-refractivity contribution < 1.29 is 9.53 Å². The van der Waals surface area contributed by atoms with Gasteiger partial charge in [0.05, 0.1) is 26.1 Å². The minimum atomic E-state index is -0.183. The van der Waals surface area contributed by atoms with E-state index >= 15 is 0 Å². The minimum absolute atomic E-state index is 0.115. The first-order valence-electron chi connectivity index (χ1n) is 11.3. The quantitative estimate of drug-likeness (QED) is 0.649. The van der Waals surface area contributed by atoms with Crippen molar-refractivity contribution in [3.8, 4) is 17.1 Å². The highest BCUT2D eigenvalue weighted by atomic mass is 16.5. The molecule has 2 aromatic carbocycles. The van der Waals surface area contributed by atoms with E-state index in [1.54, 1.807) is 7.11 Å². The lowest BCUT2D eigenvalue weighted by molar-refractivity contribution is -0.127. The van der Waals surface area contributed by atoms with Gasteiger partial charge in [-0.25, -0.2) is 9.67 Å². The zero-order chi connectivity index (χ0) is 21.9. The van der Waals surface area contributed by atoms with E-state index < -0.39 is 0 Å². The highest BCUT2D eigenvalue weighted by molar-refractivity contribution is 5.79. The fraction of sp³-hybridized carbons (Fsp3) is 0.400. The summed E-state index contributed by atoms with van der Waals surface area (Å²) in [6.45, 7) is 2.51. The molecule has 1 saturated carbocycles. The molecule has 32 heavy (non-hydrogen) atoms. The number of carbonyl (C=O) groups excluding carboxylic acids is 1. The number of carbonyl (C=O) groups is 1. The molecule has 7 heteroatoms. The third-order valence-electron chi connectivity index (χ3n) is 6.43. The Hall–Kier alpha value is -3.19. The zero-order valence-electron chi connectivity index (χ0n) is 18.4. The van der Waals surface area contributed by atoms with E-state index in [9.17, 15) is 4.79 Å². The van der Waals surface area contributed by atoms with Gasteiger partial charge >= 0.3 is 0 Å². The van der Waals surface area contributed by atoms with Crippen molar-refractivity contribution in [3.05, 3.63) is 66.0 Å². The molecule has 1 fully saturated rings. The number of nitrogens with zero attached hydrogens (tertiary/aromatic N) is 4. The van der Waals surface area contributed by atoms with E-state index in [4.69, 9.17) is 14.8 Å². The lowest BCUT2D eigenvalue weighted by atomic mass is 9.92. The lowest BCUT2D eigenvalue weighted by Gasteiger charge is -2.29. The van der Waals surface area contributed by atoms with Gasteiger partial charge in [0.25, 0.3) is 0 Å². The Kier molecular flexibility index (Phi) is 5.90. The molecule has 0 radical (unpaired) electrons. The largest absolute Gasteiger partial charge is 0.496 e. The third kappa shape index (κ3) is 4.39. The molecule has 1 aromatic heterocycles. The highest BCUT2D eigenvalue weighted by Crippen LogP contribution is 2.25. The monoisotopic (exact) mass is 431 g/mol. The molecule has 0 unspecified atom stereocenters. The molecule has 0 saturated heterocycles. The molecule has 1 amide bonds. The van der Waals surface area contributed by atoms with Crippen LogP contribution in [0.4, 0.5) is 0 Å². The molecule has 1 atom stereocenters. The minimum Gasteiger partial charge on any atom is -0.496 e. The first-order chi connectivity index (χ1) is 15.7. The second-order valence-corrected chi connectivity index (χ2v) is 8.71. The molecule has 2 aliphatic rings. The number of nitrogens with one attached hydrogen (secondary N) is 1. The average Bonchev–Trinajstić information content (AvgIpc) is 3.10. The van der Waals surface area contributed by atoms with E-state index in [0.717, 1.165) is 35.5 Å². The van der Waals surface area contributed by atoms with Crippen LogP contribution in [0.5, 0.6) is 5.75 Å². The van der Waals surface area contributed by atoms with Gasteiger partial charge in [0, 0.05) is 30.3 Å². The number of hydrogen-bond acceptors (Lipinski definition) is 5. The van der Waals surface area contributed by atoms with Crippen LogP contribution in [0.25, 0.3) is 11.4 Å². The van der Waals surface area contributed by atoms with E-state index in [-0.39, 0.29) is 11.8 Å². The Balaban J connectivity index is 1.43. The number of methoxy groups -OCH3 is 1. The number of hydrogen-bond donors (Lipinski definition) is 1. The maximum Gasteiger partial charge on any atom is 0.226 e. The van der Waals surface area contributed by atoms with Gasteiger partial charge in [-0.2, -0.15) is 5.10 Å². The van der Waals surface area contributed by atoms with E-state index in [2.05, 4.69) is 16.3 Å². The molecule has 1 aliphatic carbocycles. The predicted octanol–water partition coefficient (Wildman–Crippen LogP) is 3.25. The number of rotatable bonds is 6. The summed E-state index contributed by atoms with van der Waals surface area (Å²) < 4.78 is 7.49. The first-order valence-corrected chi connectivity index (χ1v) is 11.3. The predicted molar refractivity (Wildman–Crippen MR) is 122 cm³/mol. The average molecular weight is 432 g/mol. The number of amides is 1. The van der Waals surface area contributed by atoms with Gasteiger partial charge in [-0.15, -0.1) is 0 Å². The SMILES string of the molecule is COc1ccccc1CN1Cc2nc(-c3ccccc3)nn2C[C@H](C(=O)NC2CCC2)C1. The first kappa shape index (κ1) is 20.7. The molecule has 0 bridgehead atoms. The van der Waals surface area contributed by atoms with Crippen LogP contribution in [0.1, 0.15) is 30.7 Å². The number of fused-ring (bicyclic) bond motifs is 1. The summed E-state index contributed by atoms with van der Waals surface area (Å²) in [5.41, 5.74) is 2.09. The summed E-state index contributed by atoms with van der Waals surface area (Å²) in [6.07, 6.45) is 3.36. The van der Waals surface area contributed by atoms with E-state index in [1.807, 2.05) is 53.2 Å². The summed E-state index contributed by atoms with van der Waals surface area (Å²) in [7, 11) is 1.69. The second-order valence-electron chi connectivity index (χ2n) is 8.71. The van der Waals surface area contributed by atoms with Gasteiger partial charge in [0.1, 0.15) is 11.6 Å². The molecule has 3 aromatic rings. The van der Waals surface area contributed by atoms with Crippen LogP contribution in [0.2, 0.25) is 0 Å². The van der Waals surface area contributed by atoms with Gasteiger partial charge in [0.2, 0.25) is 5.91 Å². The number of aromatic nitrogens is 3. The van der Waals surface area contributed by atoms with Crippen LogP contribution in [0.3, 0.4) is 0 Å². The van der Waals surface area contributed by atoms with Crippen LogP contribution >= 0.6 is 0 Å². The fourth-order valence-corrected chi connectivity index (χ4v) is 4.42. The summed E-state index contributed by atoms with van der Waals surface area (Å²) >= 11 is 0. The Bertz CT molecular complexity index is 1080. The maximum absolute atomic E-state index is 13.1. The number of para-hydroxylation sites is 1. The van der Waals surface area contributed by atoms with Crippen LogP contribution in [0, 0.1) is 5.92 Å². The topological polar surface area (TPSA) is 72.3 Å². The van der Waals surface area contributed by atoms with Crippen LogP contribution in [-0.4, -0.2) is 45.3 Å². The van der Waals surface area contributed by atoms with Crippen molar-refractivity contribution in [1.29, 1.82) is 0 Å². The van der Waals surface area contributed by atoms with Gasteiger partial charge in [0.15, 0.2) is 5.82 Å². The second kappa shape index (κ2) is 9.12. The molecular weight excluding hydrogens is 402 g/mol.